The summed E-state index contributed by atoms with van der Waals surface area (Å²) in [6, 6.07) is 0. The van der Waals surface area contributed by atoms with Gasteiger partial charge < -0.3 is 0 Å². The molecule has 4 heteroatoms. The number of hydrogen-bond acceptors (Lipinski definition) is 2. The summed E-state index contributed by atoms with van der Waals surface area (Å²) in [5, 5.41) is 0. The summed E-state index contributed by atoms with van der Waals surface area (Å²) in [5.74, 6) is 0.649. The molecule has 3 nitrogen and oxygen atoms in total. The van der Waals surface area contributed by atoms with Crippen LogP contribution in [0.25, 0.3) is 0 Å². The second-order valence-corrected chi connectivity index (χ2v) is 5.15. The second-order valence-electron chi connectivity index (χ2n) is 3.58. The maximum atomic E-state index is 10.4. The van der Waals surface area contributed by atoms with Crippen LogP contribution in [-0.2, 0) is 10.1 Å². The zero-order chi connectivity index (χ0) is 9.03. The Bertz CT molecular complexity index is 214. The van der Waals surface area contributed by atoms with E-state index in [0.717, 1.165) is 6.42 Å². The Kier molecular flexibility index (Phi) is 3.53. The normalized spacial score (nSPS) is 20.1. The van der Waals surface area contributed by atoms with Gasteiger partial charge in [0.05, 0.1) is 5.75 Å². The minimum atomic E-state index is -3.72. The Morgan fingerprint density at radius 1 is 1.25 bits per heavy atom. The van der Waals surface area contributed by atoms with Gasteiger partial charge in [0, 0.05) is 0 Å². The molecule has 0 amide bonds. The Hall–Kier alpha value is -0.0900. The van der Waals surface area contributed by atoms with Crippen LogP contribution in [0.3, 0.4) is 0 Å². The zero-order valence-electron chi connectivity index (χ0n) is 7.20. The van der Waals surface area contributed by atoms with Gasteiger partial charge in [-0.15, -0.1) is 0 Å². The maximum Gasteiger partial charge on any atom is 0.264 e. The molecule has 0 atom stereocenters. The predicted octanol–water partition coefficient (Wildman–Crippen LogP) is 1.84. The van der Waals surface area contributed by atoms with Gasteiger partial charge in [0.25, 0.3) is 10.1 Å². The van der Waals surface area contributed by atoms with E-state index in [-0.39, 0.29) is 5.75 Å². The van der Waals surface area contributed by atoms with E-state index in [1.54, 1.807) is 0 Å². The third-order valence-electron chi connectivity index (χ3n) is 2.49. The third kappa shape index (κ3) is 4.07. The van der Waals surface area contributed by atoms with Gasteiger partial charge in [0.1, 0.15) is 0 Å². The number of rotatable bonds is 4. The molecule has 0 aromatic carbocycles. The van der Waals surface area contributed by atoms with Crippen molar-refractivity contribution in [2.24, 2.45) is 5.92 Å². The van der Waals surface area contributed by atoms with E-state index in [9.17, 15) is 8.42 Å². The van der Waals surface area contributed by atoms with Gasteiger partial charge in [-0.2, -0.15) is 8.42 Å². The fourth-order valence-corrected chi connectivity index (χ4v) is 2.38. The quantitative estimate of drug-likeness (QED) is 0.691. The first-order valence-corrected chi connectivity index (χ1v) is 6.14. The molecule has 0 aromatic rings. The van der Waals surface area contributed by atoms with Crippen molar-refractivity contribution >= 4 is 10.1 Å². The molecule has 1 saturated carbocycles. The van der Waals surface area contributed by atoms with Gasteiger partial charge in [-0.05, 0) is 18.8 Å². The van der Waals surface area contributed by atoms with Gasteiger partial charge >= 0.3 is 0 Å². The van der Waals surface area contributed by atoms with E-state index < -0.39 is 10.1 Å². The van der Waals surface area contributed by atoms with Crippen LogP contribution in [0.15, 0.2) is 0 Å². The monoisotopic (exact) mass is 192 g/mol. The average Bonchev–Trinajstić information content (AvgIpc) is 2.36. The molecule has 1 rings (SSSR count). The molecule has 1 N–H and O–H groups in total. The highest BCUT2D eigenvalue weighted by molar-refractivity contribution is 7.85. The van der Waals surface area contributed by atoms with E-state index in [4.69, 9.17) is 4.55 Å². The van der Waals surface area contributed by atoms with E-state index >= 15 is 0 Å². The zero-order valence-corrected chi connectivity index (χ0v) is 8.02. The molecular formula is C8H16O3S. The average molecular weight is 192 g/mol. The molecule has 72 valence electrons. The molecule has 12 heavy (non-hydrogen) atoms. The standard InChI is InChI=1S/C8H16O3S/c9-12(10,11)7-3-6-8-4-1-2-5-8/h8H,1-7H2,(H,9,10,11). The summed E-state index contributed by atoms with van der Waals surface area (Å²) in [6.07, 6.45) is 6.63. The van der Waals surface area contributed by atoms with Crippen molar-refractivity contribution in [2.75, 3.05) is 5.75 Å². The molecule has 0 unspecified atom stereocenters. The highest BCUT2D eigenvalue weighted by Crippen LogP contribution is 2.28. The fourth-order valence-electron chi connectivity index (χ4n) is 1.85. The molecular weight excluding hydrogens is 176 g/mol. The first kappa shape index (κ1) is 9.99. The van der Waals surface area contributed by atoms with Crippen molar-refractivity contribution in [1.29, 1.82) is 0 Å². The van der Waals surface area contributed by atoms with Gasteiger partial charge in [0.2, 0.25) is 0 Å². The topological polar surface area (TPSA) is 54.4 Å². The molecule has 1 fully saturated rings. The number of hydrogen-bond donors (Lipinski definition) is 1. The van der Waals surface area contributed by atoms with Crippen molar-refractivity contribution in [1.82, 2.24) is 0 Å². The van der Waals surface area contributed by atoms with Crippen LogP contribution in [-0.4, -0.2) is 18.7 Å². The molecule has 0 aliphatic heterocycles. The van der Waals surface area contributed by atoms with Gasteiger partial charge in [-0.25, -0.2) is 0 Å². The van der Waals surface area contributed by atoms with Gasteiger partial charge in [-0.3, -0.25) is 4.55 Å². The van der Waals surface area contributed by atoms with Gasteiger partial charge in [-0.1, -0.05) is 25.7 Å². The highest BCUT2D eigenvalue weighted by Gasteiger charge is 2.15. The van der Waals surface area contributed by atoms with Crippen LogP contribution in [0.2, 0.25) is 0 Å². The SMILES string of the molecule is O=S(=O)(O)CCCC1CCCC1. The second kappa shape index (κ2) is 4.23. The first-order valence-electron chi connectivity index (χ1n) is 4.53. The molecule has 0 bridgehead atoms. The van der Waals surface area contributed by atoms with Crippen LogP contribution in [0.4, 0.5) is 0 Å². The van der Waals surface area contributed by atoms with Crippen molar-refractivity contribution in [3.8, 4) is 0 Å². The molecule has 0 heterocycles. The minimum Gasteiger partial charge on any atom is -0.286 e. The summed E-state index contributed by atoms with van der Waals surface area (Å²) < 4.78 is 29.2. The highest BCUT2D eigenvalue weighted by atomic mass is 32.2. The lowest BCUT2D eigenvalue weighted by Gasteiger charge is -2.06. The lowest BCUT2D eigenvalue weighted by atomic mass is 10.0. The van der Waals surface area contributed by atoms with E-state index in [0.29, 0.717) is 12.3 Å². The Balaban J connectivity index is 2.09. The Morgan fingerprint density at radius 2 is 1.83 bits per heavy atom. The maximum absolute atomic E-state index is 10.4. The van der Waals surface area contributed by atoms with Crippen LogP contribution >= 0.6 is 0 Å². The lowest BCUT2D eigenvalue weighted by molar-refractivity contribution is 0.463. The van der Waals surface area contributed by atoms with Gasteiger partial charge in [0.15, 0.2) is 0 Å². The molecule has 0 aromatic heterocycles. The molecule has 1 aliphatic rings. The van der Waals surface area contributed by atoms with Crippen molar-refractivity contribution in [3.05, 3.63) is 0 Å². The van der Waals surface area contributed by atoms with Crippen LogP contribution in [0, 0.1) is 5.92 Å². The minimum absolute atomic E-state index is 0.0660. The fraction of sp³-hybridized carbons (Fsp3) is 1.00. The predicted molar refractivity (Wildman–Crippen MR) is 47.6 cm³/mol. The molecule has 0 spiro atoms. The molecule has 1 aliphatic carbocycles. The Morgan fingerprint density at radius 3 is 2.33 bits per heavy atom. The molecule has 0 saturated heterocycles. The van der Waals surface area contributed by atoms with Crippen molar-refractivity contribution in [2.45, 2.75) is 38.5 Å². The summed E-state index contributed by atoms with van der Waals surface area (Å²) in [7, 11) is -3.72. The largest absolute Gasteiger partial charge is 0.286 e. The van der Waals surface area contributed by atoms with Crippen molar-refractivity contribution < 1.29 is 13.0 Å². The molecule has 0 radical (unpaired) electrons. The van der Waals surface area contributed by atoms with E-state index in [1.165, 1.54) is 25.7 Å². The van der Waals surface area contributed by atoms with E-state index in [2.05, 4.69) is 0 Å². The van der Waals surface area contributed by atoms with E-state index in [1.807, 2.05) is 0 Å². The summed E-state index contributed by atoms with van der Waals surface area (Å²) in [5.41, 5.74) is 0. The first-order chi connectivity index (χ1) is 5.58. The van der Waals surface area contributed by atoms with Crippen LogP contribution in [0.1, 0.15) is 38.5 Å². The third-order valence-corrected chi connectivity index (χ3v) is 3.29. The lowest BCUT2D eigenvalue weighted by Crippen LogP contribution is -2.05. The van der Waals surface area contributed by atoms with Crippen LogP contribution < -0.4 is 0 Å². The summed E-state index contributed by atoms with van der Waals surface area (Å²) in [4.78, 5) is 0. The smallest absolute Gasteiger partial charge is 0.264 e. The summed E-state index contributed by atoms with van der Waals surface area (Å²) in [6.45, 7) is 0. The summed E-state index contributed by atoms with van der Waals surface area (Å²) >= 11 is 0. The van der Waals surface area contributed by atoms with Crippen molar-refractivity contribution in [3.63, 3.8) is 0 Å². The Labute approximate surface area is 73.9 Å². The van der Waals surface area contributed by atoms with Crippen LogP contribution in [0.5, 0.6) is 0 Å².